The first kappa shape index (κ1) is 19.3. The molecule has 0 unspecified atom stereocenters. The number of nitrogens with one attached hydrogen (secondary N) is 1. The number of rotatable bonds is 5. The highest BCUT2D eigenvalue weighted by atomic mass is 35.5. The van der Waals surface area contributed by atoms with Gasteiger partial charge in [-0.3, -0.25) is 9.48 Å². The van der Waals surface area contributed by atoms with Crippen molar-refractivity contribution >= 4 is 29.1 Å². The summed E-state index contributed by atoms with van der Waals surface area (Å²) in [5.41, 5.74) is 7.67. The van der Waals surface area contributed by atoms with Gasteiger partial charge in [-0.1, -0.05) is 11.6 Å². The molecule has 3 aromatic heterocycles. The highest BCUT2D eigenvalue weighted by Crippen LogP contribution is 2.27. The SMILES string of the molecule is Cn1cc(-c2cnc(N)c(Oc3ccc(C(=O)Nc4ncccc4Cl)cc3)n2)cn1. The summed E-state index contributed by atoms with van der Waals surface area (Å²) >= 11 is 6.02. The van der Waals surface area contributed by atoms with Crippen LogP contribution in [0.3, 0.4) is 0 Å². The van der Waals surface area contributed by atoms with E-state index in [1.807, 2.05) is 13.2 Å². The molecule has 9 nitrogen and oxygen atoms in total. The number of anilines is 2. The molecule has 3 heterocycles. The van der Waals surface area contributed by atoms with Crippen molar-refractivity contribution in [2.24, 2.45) is 7.05 Å². The number of nitrogens with zero attached hydrogens (tertiary/aromatic N) is 5. The molecule has 0 spiro atoms. The fourth-order valence-electron chi connectivity index (χ4n) is 2.59. The normalized spacial score (nSPS) is 10.6. The number of benzene rings is 1. The van der Waals surface area contributed by atoms with Crippen LogP contribution in [0.1, 0.15) is 10.4 Å². The van der Waals surface area contributed by atoms with E-state index in [2.05, 4.69) is 25.4 Å². The molecule has 0 aliphatic rings. The van der Waals surface area contributed by atoms with Crippen molar-refractivity contribution in [3.63, 3.8) is 0 Å². The van der Waals surface area contributed by atoms with Crippen molar-refractivity contribution in [2.45, 2.75) is 0 Å². The minimum absolute atomic E-state index is 0.147. The summed E-state index contributed by atoms with van der Waals surface area (Å²) in [7, 11) is 1.81. The van der Waals surface area contributed by atoms with E-state index in [0.29, 0.717) is 27.8 Å². The molecule has 4 rings (SSSR count). The monoisotopic (exact) mass is 421 g/mol. The number of hydrogen-bond donors (Lipinski definition) is 2. The zero-order chi connectivity index (χ0) is 21.1. The van der Waals surface area contributed by atoms with Gasteiger partial charge in [0, 0.05) is 30.6 Å². The Balaban J connectivity index is 1.50. The van der Waals surface area contributed by atoms with E-state index < -0.39 is 0 Å². The number of nitrogens with two attached hydrogens (primary N) is 1. The lowest BCUT2D eigenvalue weighted by Gasteiger charge is -2.09. The van der Waals surface area contributed by atoms with Crippen LogP contribution in [0.25, 0.3) is 11.3 Å². The third kappa shape index (κ3) is 4.20. The predicted octanol–water partition coefficient (Wildman–Crippen LogP) is 3.55. The number of amides is 1. The van der Waals surface area contributed by atoms with Gasteiger partial charge in [0.15, 0.2) is 11.6 Å². The molecule has 30 heavy (non-hydrogen) atoms. The first-order valence-corrected chi connectivity index (χ1v) is 9.19. The van der Waals surface area contributed by atoms with Crippen LogP contribution in [-0.4, -0.2) is 30.6 Å². The lowest BCUT2D eigenvalue weighted by atomic mass is 10.2. The highest BCUT2D eigenvalue weighted by molar-refractivity contribution is 6.33. The van der Waals surface area contributed by atoms with Crippen molar-refractivity contribution < 1.29 is 9.53 Å². The van der Waals surface area contributed by atoms with E-state index in [1.165, 1.54) is 0 Å². The minimum Gasteiger partial charge on any atom is -0.436 e. The summed E-state index contributed by atoms with van der Waals surface area (Å²) in [5, 5.41) is 7.13. The lowest BCUT2D eigenvalue weighted by Crippen LogP contribution is -2.13. The quantitative estimate of drug-likeness (QED) is 0.505. The Morgan fingerprint density at radius 1 is 1.17 bits per heavy atom. The van der Waals surface area contributed by atoms with E-state index >= 15 is 0 Å². The Kier molecular flexibility index (Phi) is 5.27. The Bertz CT molecular complexity index is 1210. The van der Waals surface area contributed by atoms with Gasteiger partial charge in [-0.25, -0.2) is 15.0 Å². The van der Waals surface area contributed by atoms with Crippen LogP contribution >= 0.6 is 11.6 Å². The van der Waals surface area contributed by atoms with Gasteiger partial charge in [-0.05, 0) is 36.4 Å². The number of carbonyl (C=O) groups excluding carboxylic acids is 1. The molecular formula is C20H16ClN7O2. The molecule has 0 fully saturated rings. The van der Waals surface area contributed by atoms with Gasteiger partial charge < -0.3 is 15.8 Å². The second-order valence-electron chi connectivity index (χ2n) is 6.26. The molecule has 0 saturated heterocycles. The first-order chi connectivity index (χ1) is 14.5. The topological polar surface area (TPSA) is 121 Å². The average Bonchev–Trinajstić information content (AvgIpc) is 3.18. The van der Waals surface area contributed by atoms with Gasteiger partial charge >= 0.3 is 0 Å². The molecule has 0 aliphatic heterocycles. The largest absolute Gasteiger partial charge is 0.436 e. The Morgan fingerprint density at radius 2 is 1.97 bits per heavy atom. The smallest absolute Gasteiger partial charge is 0.263 e. The van der Waals surface area contributed by atoms with Crippen molar-refractivity contribution in [3.05, 3.63) is 71.8 Å². The molecule has 3 N–H and O–H groups in total. The molecule has 0 aliphatic carbocycles. The van der Waals surface area contributed by atoms with Gasteiger partial charge in [0.05, 0.1) is 23.1 Å². The summed E-state index contributed by atoms with van der Waals surface area (Å²) in [4.78, 5) is 25.0. The van der Waals surface area contributed by atoms with E-state index in [9.17, 15) is 4.79 Å². The maximum atomic E-state index is 12.4. The number of nitrogen functional groups attached to an aromatic ring is 1. The molecule has 10 heteroatoms. The second kappa shape index (κ2) is 8.18. The lowest BCUT2D eigenvalue weighted by molar-refractivity contribution is 0.102. The molecule has 0 bridgehead atoms. The van der Waals surface area contributed by atoms with Crippen LogP contribution < -0.4 is 15.8 Å². The molecule has 0 atom stereocenters. The number of halogens is 1. The summed E-state index contributed by atoms with van der Waals surface area (Å²) < 4.78 is 7.42. The third-order valence-corrected chi connectivity index (χ3v) is 4.39. The summed E-state index contributed by atoms with van der Waals surface area (Å²) in [6.45, 7) is 0. The molecule has 0 radical (unpaired) electrons. The Labute approximate surface area is 176 Å². The standard InChI is InChI=1S/C20H16ClN7O2/c1-28-11-13(9-25-28)16-10-24-17(22)20(26-16)30-14-6-4-12(5-7-14)19(29)27-18-15(21)3-2-8-23-18/h2-11H,1H3,(H2,22,24)(H,23,27,29). The van der Waals surface area contributed by atoms with Crippen LogP contribution in [0.15, 0.2) is 61.2 Å². The molecule has 1 aromatic carbocycles. The van der Waals surface area contributed by atoms with Crippen molar-refractivity contribution in [1.29, 1.82) is 0 Å². The van der Waals surface area contributed by atoms with Crippen molar-refractivity contribution in [1.82, 2.24) is 24.7 Å². The van der Waals surface area contributed by atoms with Crippen LogP contribution in [0.5, 0.6) is 11.6 Å². The number of pyridine rings is 1. The van der Waals surface area contributed by atoms with Crippen LogP contribution in [-0.2, 0) is 7.05 Å². The number of ether oxygens (including phenoxy) is 1. The Hall–Kier alpha value is -3.98. The fourth-order valence-corrected chi connectivity index (χ4v) is 2.76. The highest BCUT2D eigenvalue weighted by Gasteiger charge is 2.12. The second-order valence-corrected chi connectivity index (χ2v) is 6.67. The van der Waals surface area contributed by atoms with Crippen LogP contribution in [0.2, 0.25) is 5.02 Å². The number of carbonyl (C=O) groups is 1. The minimum atomic E-state index is -0.347. The van der Waals surface area contributed by atoms with E-state index in [-0.39, 0.29) is 17.6 Å². The van der Waals surface area contributed by atoms with Gasteiger partial charge in [-0.2, -0.15) is 5.10 Å². The summed E-state index contributed by atoms with van der Waals surface area (Å²) in [6.07, 6.45) is 6.58. The van der Waals surface area contributed by atoms with Gasteiger partial charge in [0.1, 0.15) is 5.75 Å². The maximum Gasteiger partial charge on any atom is 0.263 e. The van der Waals surface area contributed by atoms with Crippen molar-refractivity contribution in [3.8, 4) is 22.9 Å². The third-order valence-electron chi connectivity index (χ3n) is 4.09. The van der Waals surface area contributed by atoms with Gasteiger partial charge in [0.25, 0.3) is 11.8 Å². The maximum absolute atomic E-state index is 12.4. The van der Waals surface area contributed by atoms with Gasteiger partial charge in [0.2, 0.25) is 0 Å². The number of hydrogen-bond acceptors (Lipinski definition) is 7. The zero-order valence-corrected chi connectivity index (χ0v) is 16.5. The van der Waals surface area contributed by atoms with Crippen LogP contribution in [0.4, 0.5) is 11.6 Å². The van der Waals surface area contributed by atoms with Crippen LogP contribution in [0, 0.1) is 0 Å². The molecule has 1 amide bonds. The number of aromatic nitrogens is 5. The Morgan fingerprint density at radius 3 is 2.67 bits per heavy atom. The molecule has 150 valence electrons. The van der Waals surface area contributed by atoms with E-state index in [1.54, 1.807) is 59.7 Å². The fraction of sp³-hybridized carbons (Fsp3) is 0.0500. The van der Waals surface area contributed by atoms with Gasteiger partial charge in [-0.15, -0.1) is 0 Å². The average molecular weight is 422 g/mol. The van der Waals surface area contributed by atoms with E-state index in [4.69, 9.17) is 22.1 Å². The molecular weight excluding hydrogens is 406 g/mol. The first-order valence-electron chi connectivity index (χ1n) is 8.81. The molecule has 4 aromatic rings. The van der Waals surface area contributed by atoms with E-state index in [0.717, 1.165) is 5.56 Å². The summed E-state index contributed by atoms with van der Waals surface area (Å²) in [5.74, 6) is 0.703. The van der Waals surface area contributed by atoms with Crippen molar-refractivity contribution in [2.75, 3.05) is 11.1 Å². The predicted molar refractivity (Wildman–Crippen MR) is 112 cm³/mol. The zero-order valence-electron chi connectivity index (χ0n) is 15.8. The summed E-state index contributed by atoms with van der Waals surface area (Å²) in [6, 6.07) is 9.81. The molecule has 0 saturated carbocycles. The number of aryl methyl sites for hydroxylation is 1.